The topological polar surface area (TPSA) is 52.6 Å². The van der Waals surface area contributed by atoms with Gasteiger partial charge in [-0.1, -0.05) is 43.8 Å². The molecule has 140 valence electrons. The van der Waals surface area contributed by atoms with Crippen LogP contribution in [0, 0.1) is 11.8 Å². The summed E-state index contributed by atoms with van der Waals surface area (Å²) in [6, 6.07) is 9.50. The monoisotopic (exact) mass is 382 g/mol. The van der Waals surface area contributed by atoms with E-state index in [1.807, 2.05) is 63.8 Å². The highest BCUT2D eigenvalue weighted by atomic mass is 32.2. The van der Waals surface area contributed by atoms with Crippen LogP contribution in [0.15, 0.2) is 35.2 Å². The molecule has 0 unspecified atom stereocenters. The van der Waals surface area contributed by atoms with Gasteiger partial charge in [-0.15, -0.1) is 0 Å². The predicted molar refractivity (Wildman–Crippen MR) is 105 cm³/mol. The Kier molecular flexibility index (Phi) is 8.89. The average Bonchev–Trinajstić information content (AvgIpc) is 2.50. The smallest absolute Gasteiger partial charge is 0.334 e. The largest absolute Gasteiger partial charge is 0.464 e. The number of thioether (sulfide) groups is 1. The highest BCUT2D eigenvalue weighted by Crippen LogP contribution is 2.30. The van der Waals surface area contributed by atoms with Gasteiger partial charge >= 0.3 is 5.97 Å². The molecule has 0 radical (unpaired) electrons. The summed E-state index contributed by atoms with van der Waals surface area (Å²) >= 11 is 1.17. The van der Waals surface area contributed by atoms with Crippen molar-refractivity contribution in [3.05, 3.63) is 30.3 Å². The normalized spacial score (nSPS) is 14.2. The first kappa shape index (κ1) is 21.9. The van der Waals surface area contributed by atoms with Crippen molar-refractivity contribution in [1.29, 1.82) is 0 Å². The van der Waals surface area contributed by atoms with Crippen LogP contribution >= 0.6 is 11.8 Å². The molecule has 0 aliphatic carbocycles. The predicted octanol–water partition coefficient (Wildman–Crippen LogP) is 4.75. The van der Waals surface area contributed by atoms with Crippen LogP contribution in [0.4, 0.5) is 0 Å². The lowest BCUT2D eigenvalue weighted by molar-refractivity contribution is -0.156. The van der Waals surface area contributed by atoms with E-state index in [0.29, 0.717) is 6.42 Å². The summed E-state index contributed by atoms with van der Waals surface area (Å²) in [6.45, 7) is 12.2. The Morgan fingerprint density at radius 2 is 1.72 bits per heavy atom. The van der Waals surface area contributed by atoms with Crippen LogP contribution in [0.1, 0.15) is 27.2 Å². The molecule has 0 aromatic heterocycles. The van der Waals surface area contributed by atoms with Gasteiger partial charge in [0.05, 0.1) is 12.5 Å². The first-order valence-electron chi connectivity index (χ1n) is 8.75. The number of rotatable bonds is 9. The molecule has 4 nitrogen and oxygen atoms in total. The quantitative estimate of drug-likeness (QED) is 0.350. The van der Waals surface area contributed by atoms with Gasteiger partial charge in [0.1, 0.15) is 0 Å². The summed E-state index contributed by atoms with van der Waals surface area (Å²) in [6.07, 6.45) is -0.246. The van der Waals surface area contributed by atoms with Crippen LogP contribution in [0.25, 0.3) is 0 Å². The summed E-state index contributed by atoms with van der Waals surface area (Å²) in [5.74, 6) is -0.680. The molecule has 1 aromatic rings. The molecule has 1 rings (SSSR count). The van der Waals surface area contributed by atoms with Crippen molar-refractivity contribution in [2.75, 3.05) is 6.61 Å². The lowest BCUT2D eigenvalue weighted by atomic mass is 9.93. The third kappa shape index (κ3) is 8.20. The Labute approximate surface area is 156 Å². The molecule has 0 amide bonds. The molecule has 0 spiro atoms. The number of hydrogen-bond acceptors (Lipinski definition) is 5. The van der Waals surface area contributed by atoms with Crippen molar-refractivity contribution >= 4 is 31.2 Å². The van der Waals surface area contributed by atoms with Crippen molar-refractivity contribution in [3.8, 4) is 0 Å². The highest BCUT2D eigenvalue weighted by Gasteiger charge is 2.39. The van der Waals surface area contributed by atoms with E-state index in [-0.39, 0.29) is 17.6 Å². The van der Waals surface area contributed by atoms with Gasteiger partial charge in [0.15, 0.2) is 19.5 Å². The number of benzene rings is 1. The Hall–Kier alpha value is -1.11. The maximum absolute atomic E-state index is 13.0. The minimum atomic E-state index is -2.03. The van der Waals surface area contributed by atoms with E-state index >= 15 is 0 Å². The van der Waals surface area contributed by atoms with Gasteiger partial charge in [-0.2, -0.15) is 0 Å². The number of hydrogen-bond donors (Lipinski definition) is 0. The molecule has 0 aliphatic rings. The average molecular weight is 383 g/mol. The number of carbonyl (C=O) groups is 2. The van der Waals surface area contributed by atoms with Crippen LogP contribution < -0.4 is 0 Å². The molecule has 6 heteroatoms. The number of ether oxygens (including phenoxy) is 1. The lowest BCUT2D eigenvalue weighted by Gasteiger charge is -2.31. The fourth-order valence-electron chi connectivity index (χ4n) is 2.43. The molecular formula is C19H30O4SSi. The molecule has 0 fully saturated rings. The second kappa shape index (κ2) is 10.1. The Morgan fingerprint density at radius 3 is 2.20 bits per heavy atom. The van der Waals surface area contributed by atoms with Crippen LogP contribution in [0.3, 0.4) is 0 Å². The van der Waals surface area contributed by atoms with Gasteiger partial charge in [-0.3, -0.25) is 4.79 Å². The second-order valence-corrected chi connectivity index (χ2v) is 12.9. The van der Waals surface area contributed by atoms with Gasteiger partial charge in [-0.25, -0.2) is 4.79 Å². The van der Waals surface area contributed by atoms with Gasteiger partial charge < -0.3 is 9.16 Å². The van der Waals surface area contributed by atoms with Crippen LogP contribution in [-0.2, 0) is 18.8 Å². The van der Waals surface area contributed by atoms with Gasteiger partial charge in [0.2, 0.25) is 0 Å². The van der Waals surface area contributed by atoms with E-state index in [1.54, 1.807) is 6.92 Å². The van der Waals surface area contributed by atoms with E-state index in [2.05, 4.69) is 0 Å². The zero-order valence-electron chi connectivity index (χ0n) is 16.1. The standard InChI is InChI=1S/C19H30O4SSi/c1-7-22-18(20)17(23-25(4,5)6)16(13-14(2)3)19(21)24-15-11-9-8-10-12-15/h8-12,14,16-17H,7,13H2,1-6H3/t16-,17+/m1/s1. The SMILES string of the molecule is CCOC(=O)[C@@H](O[Si](C)(C)C)[C@@H](CC(C)C)C(=O)Sc1ccccc1. The molecule has 0 saturated carbocycles. The van der Waals surface area contributed by atoms with E-state index in [1.165, 1.54) is 11.8 Å². The van der Waals surface area contributed by atoms with E-state index in [9.17, 15) is 9.59 Å². The Balaban J connectivity index is 3.08. The van der Waals surface area contributed by atoms with Crippen LogP contribution in [0.2, 0.25) is 19.6 Å². The van der Waals surface area contributed by atoms with Crippen molar-refractivity contribution in [2.45, 2.75) is 57.8 Å². The first-order chi connectivity index (χ1) is 11.6. The number of carbonyl (C=O) groups excluding carboxylic acids is 2. The summed E-state index contributed by atoms with van der Waals surface area (Å²) in [4.78, 5) is 26.4. The lowest BCUT2D eigenvalue weighted by Crippen LogP contribution is -2.44. The van der Waals surface area contributed by atoms with E-state index < -0.39 is 26.3 Å². The molecule has 0 heterocycles. The van der Waals surface area contributed by atoms with Crippen LogP contribution in [-0.4, -0.2) is 32.1 Å². The summed E-state index contributed by atoms with van der Waals surface area (Å²) < 4.78 is 11.3. The Bertz CT molecular complexity index is 554. The van der Waals surface area contributed by atoms with Crippen molar-refractivity contribution in [1.82, 2.24) is 0 Å². The second-order valence-electron chi connectivity index (χ2n) is 7.37. The first-order valence-corrected chi connectivity index (χ1v) is 13.0. The molecule has 0 aliphatic heterocycles. The van der Waals surface area contributed by atoms with Crippen LogP contribution in [0.5, 0.6) is 0 Å². The molecule has 0 N–H and O–H groups in total. The van der Waals surface area contributed by atoms with Crippen molar-refractivity contribution in [3.63, 3.8) is 0 Å². The minimum absolute atomic E-state index is 0.0452. The molecule has 0 saturated heterocycles. The van der Waals surface area contributed by atoms with Gasteiger partial charge in [0, 0.05) is 4.90 Å². The van der Waals surface area contributed by atoms with E-state index in [0.717, 1.165) is 4.90 Å². The zero-order valence-corrected chi connectivity index (χ0v) is 17.9. The molecule has 2 atom stereocenters. The highest BCUT2D eigenvalue weighted by molar-refractivity contribution is 8.13. The molecule has 0 bridgehead atoms. The fourth-order valence-corrected chi connectivity index (χ4v) is 4.35. The maximum atomic E-state index is 13.0. The fraction of sp³-hybridized carbons (Fsp3) is 0.579. The number of esters is 1. The molecular weight excluding hydrogens is 352 g/mol. The van der Waals surface area contributed by atoms with E-state index in [4.69, 9.17) is 9.16 Å². The molecule has 1 aromatic carbocycles. The third-order valence-electron chi connectivity index (χ3n) is 3.35. The zero-order chi connectivity index (χ0) is 19.0. The van der Waals surface area contributed by atoms with Crippen molar-refractivity contribution in [2.24, 2.45) is 11.8 Å². The Morgan fingerprint density at radius 1 is 1.12 bits per heavy atom. The van der Waals surface area contributed by atoms with Gasteiger partial charge in [0.25, 0.3) is 0 Å². The summed E-state index contributed by atoms with van der Waals surface area (Å²) in [7, 11) is -2.03. The summed E-state index contributed by atoms with van der Waals surface area (Å²) in [5.41, 5.74) is 0. The van der Waals surface area contributed by atoms with Gasteiger partial charge in [-0.05, 0) is 51.0 Å². The third-order valence-corrected chi connectivity index (χ3v) is 5.33. The van der Waals surface area contributed by atoms with Crippen molar-refractivity contribution < 1.29 is 18.8 Å². The summed E-state index contributed by atoms with van der Waals surface area (Å²) in [5, 5.41) is -0.0452. The maximum Gasteiger partial charge on any atom is 0.334 e. The minimum Gasteiger partial charge on any atom is -0.464 e. The molecule has 25 heavy (non-hydrogen) atoms.